The lowest BCUT2D eigenvalue weighted by Crippen LogP contribution is -2.43. The van der Waals surface area contributed by atoms with Gasteiger partial charge in [-0.15, -0.1) is 0 Å². The second-order valence-corrected chi connectivity index (χ2v) is 3.26. The van der Waals surface area contributed by atoms with Crippen LogP contribution in [0.15, 0.2) is 0 Å². The van der Waals surface area contributed by atoms with E-state index in [0.717, 1.165) is 0 Å². The van der Waals surface area contributed by atoms with Crippen molar-refractivity contribution in [3.8, 4) is 0 Å². The van der Waals surface area contributed by atoms with Crippen molar-refractivity contribution < 1.29 is 14.4 Å². The zero-order valence-electron chi connectivity index (χ0n) is 8.96. The van der Waals surface area contributed by atoms with E-state index in [0.29, 0.717) is 0 Å². The topological polar surface area (TPSA) is 66.5 Å². The van der Waals surface area contributed by atoms with Gasteiger partial charge in [-0.05, 0) is 6.92 Å². The molecule has 0 aliphatic carbocycles. The van der Waals surface area contributed by atoms with Gasteiger partial charge in [0.1, 0.15) is 0 Å². The Hall–Kier alpha value is -1.39. The molecule has 0 aromatic carbocycles. The van der Waals surface area contributed by atoms with Crippen molar-refractivity contribution >= 4 is 17.6 Å². The molecule has 0 saturated heterocycles. The number of ketones is 1. The van der Waals surface area contributed by atoms with Crippen molar-refractivity contribution in [3.05, 3.63) is 0 Å². The van der Waals surface area contributed by atoms with Crippen LogP contribution in [0.3, 0.4) is 0 Å². The van der Waals surface area contributed by atoms with Gasteiger partial charge in [-0.25, -0.2) is 0 Å². The average Bonchev–Trinajstić information content (AvgIpc) is 2.02. The second kappa shape index (κ2) is 5.36. The molecule has 0 bridgehead atoms. The van der Waals surface area contributed by atoms with Gasteiger partial charge in [0.25, 0.3) is 0 Å². The van der Waals surface area contributed by atoms with E-state index in [1.165, 1.54) is 18.7 Å². The van der Waals surface area contributed by atoms with Crippen LogP contribution in [0.4, 0.5) is 0 Å². The van der Waals surface area contributed by atoms with Crippen LogP contribution in [0, 0.1) is 0 Å². The molecule has 0 saturated carbocycles. The fourth-order valence-electron chi connectivity index (χ4n) is 0.867. The second-order valence-electron chi connectivity index (χ2n) is 3.26. The molecule has 5 nitrogen and oxygen atoms in total. The Kier molecular flexibility index (Phi) is 4.83. The van der Waals surface area contributed by atoms with Crippen LogP contribution < -0.4 is 5.32 Å². The molecular weight excluding hydrogens is 184 g/mol. The van der Waals surface area contributed by atoms with Crippen molar-refractivity contribution in [2.24, 2.45) is 0 Å². The number of rotatable bonds is 4. The molecule has 0 fully saturated rings. The number of carbonyl (C=O) groups is 3. The number of amides is 2. The summed E-state index contributed by atoms with van der Waals surface area (Å²) >= 11 is 0. The summed E-state index contributed by atoms with van der Waals surface area (Å²) < 4.78 is 0. The number of hydrogen-bond donors (Lipinski definition) is 1. The molecule has 1 N–H and O–H groups in total. The summed E-state index contributed by atoms with van der Waals surface area (Å²) in [6.45, 7) is 4.35. The molecular formula is C9H16N2O3. The molecule has 0 aromatic rings. The minimum Gasteiger partial charge on any atom is -0.347 e. The summed E-state index contributed by atoms with van der Waals surface area (Å²) in [6.07, 6.45) is 0. The van der Waals surface area contributed by atoms with E-state index >= 15 is 0 Å². The Morgan fingerprint density at radius 3 is 2.14 bits per heavy atom. The normalized spacial score (nSPS) is 11.7. The molecule has 0 radical (unpaired) electrons. The van der Waals surface area contributed by atoms with E-state index in [4.69, 9.17) is 0 Å². The maximum Gasteiger partial charge on any atom is 0.219 e. The molecule has 2 amide bonds. The number of hydrogen-bond acceptors (Lipinski definition) is 3. The third kappa shape index (κ3) is 4.59. The van der Waals surface area contributed by atoms with Gasteiger partial charge in [0.15, 0.2) is 5.78 Å². The third-order valence-corrected chi connectivity index (χ3v) is 1.83. The maximum atomic E-state index is 11.4. The molecule has 0 heterocycles. The van der Waals surface area contributed by atoms with Gasteiger partial charge >= 0.3 is 0 Å². The van der Waals surface area contributed by atoms with Crippen molar-refractivity contribution in [2.45, 2.75) is 26.8 Å². The summed E-state index contributed by atoms with van der Waals surface area (Å²) in [5.41, 5.74) is 0. The fourth-order valence-corrected chi connectivity index (χ4v) is 0.867. The average molecular weight is 200 g/mol. The van der Waals surface area contributed by atoms with Crippen LogP contribution in [0.5, 0.6) is 0 Å². The molecule has 0 aliphatic rings. The Bertz CT molecular complexity index is 250. The SMILES string of the molecule is CC(=O)NC(C)C(=O)CN(C)C(C)=O. The number of nitrogens with one attached hydrogen (secondary N) is 1. The van der Waals surface area contributed by atoms with Crippen LogP contribution in [-0.2, 0) is 14.4 Å². The highest BCUT2D eigenvalue weighted by Crippen LogP contribution is 1.90. The highest BCUT2D eigenvalue weighted by atomic mass is 16.2. The minimum absolute atomic E-state index is 0.0246. The van der Waals surface area contributed by atoms with Crippen LogP contribution in [0.2, 0.25) is 0 Å². The predicted octanol–water partition coefficient (Wildman–Crippen LogP) is -0.442. The van der Waals surface area contributed by atoms with Crippen LogP contribution in [-0.4, -0.2) is 42.1 Å². The highest BCUT2D eigenvalue weighted by molar-refractivity contribution is 5.91. The maximum absolute atomic E-state index is 11.4. The van der Waals surface area contributed by atoms with Gasteiger partial charge in [0, 0.05) is 20.9 Å². The van der Waals surface area contributed by atoms with E-state index in [2.05, 4.69) is 5.32 Å². The highest BCUT2D eigenvalue weighted by Gasteiger charge is 2.16. The van der Waals surface area contributed by atoms with Gasteiger partial charge in [-0.2, -0.15) is 0 Å². The van der Waals surface area contributed by atoms with Crippen molar-refractivity contribution in [3.63, 3.8) is 0 Å². The summed E-state index contributed by atoms with van der Waals surface area (Å²) in [5.74, 6) is -0.609. The minimum atomic E-state index is -0.547. The molecule has 80 valence electrons. The van der Waals surface area contributed by atoms with Crippen LogP contribution in [0.1, 0.15) is 20.8 Å². The number of nitrogens with zero attached hydrogens (tertiary/aromatic N) is 1. The molecule has 1 unspecified atom stereocenters. The van der Waals surface area contributed by atoms with E-state index in [9.17, 15) is 14.4 Å². The molecule has 1 atom stereocenters. The number of carbonyl (C=O) groups excluding carboxylic acids is 3. The monoisotopic (exact) mass is 200 g/mol. The first kappa shape index (κ1) is 12.6. The Morgan fingerprint density at radius 2 is 1.79 bits per heavy atom. The number of likely N-dealkylation sites (N-methyl/N-ethyl adjacent to an activating group) is 1. The van der Waals surface area contributed by atoms with Gasteiger partial charge in [-0.1, -0.05) is 0 Å². The van der Waals surface area contributed by atoms with Gasteiger partial charge in [0.05, 0.1) is 12.6 Å². The van der Waals surface area contributed by atoms with E-state index in [1.807, 2.05) is 0 Å². The van der Waals surface area contributed by atoms with Gasteiger partial charge in [-0.3, -0.25) is 14.4 Å². The Labute approximate surface area is 83.5 Å². The van der Waals surface area contributed by atoms with Crippen LogP contribution in [0.25, 0.3) is 0 Å². The lowest BCUT2D eigenvalue weighted by molar-refractivity contribution is -0.133. The molecule has 0 rings (SSSR count). The standard InChI is InChI=1S/C9H16N2O3/c1-6(10-7(2)12)9(14)5-11(4)8(3)13/h6H,5H2,1-4H3,(H,10,12). The lowest BCUT2D eigenvalue weighted by Gasteiger charge is -2.17. The number of Topliss-reactive ketones (excluding diaryl/α,β-unsaturated/α-hetero) is 1. The third-order valence-electron chi connectivity index (χ3n) is 1.83. The zero-order chi connectivity index (χ0) is 11.3. The van der Waals surface area contributed by atoms with Gasteiger partial charge < -0.3 is 10.2 Å². The predicted molar refractivity (Wildman–Crippen MR) is 51.6 cm³/mol. The molecule has 0 aliphatic heterocycles. The summed E-state index contributed by atoms with van der Waals surface area (Å²) in [6, 6.07) is -0.547. The fraction of sp³-hybridized carbons (Fsp3) is 0.667. The molecule has 0 spiro atoms. The summed E-state index contributed by atoms with van der Waals surface area (Å²) in [4.78, 5) is 34.1. The van der Waals surface area contributed by atoms with E-state index in [1.54, 1.807) is 14.0 Å². The van der Waals surface area contributed by atoms with Crippen molar-refractivity contribution in [1.29, 1.82) is 0 Å². The smallest absolute Gasteiger partial charge is 0.219 e. The van der Waals surface area contributed by atoms with Crippen molar-refractivity contribution in [2.75, 3.05) is 13.6 Å². The van der Waals surface area contributed by atoms with Crippen LogP contribution >= 0.6 is 0 Å². The largest absolute Gasteiger partial charge is 0.347 e. The van der Waals surface area contributed by atoms with Gasteiger partial charge in [0.2, 0.25) is 11.8 Å². The van der Waals surface area contributed by atoms with E-state index < -0.39 is 6.04 Å². The summed E-state index contributed by atoms with van der Waals surface area (Å²) in [5, 5.41) is 2.46. The molecule has 0 aromatic heterocycles. The Balaban J connectivity index is 4.07. The van der Waals surface area contributed by atoms with E-state index in [-0.39, 0.29) is 24.1 Å². The van der Waals surface area contributed by atoms with Crippen molar-refractivity contribution in [1.82, 2.24) is 10.2 Å². The summed E-state index contributed by atoms with van der Waals surface area (Å²) in [7, 11) is 1.54. The zero-order valence-corrected chi connectivity index (χ0v) is 8.96. The molecule has 14 heavy (non-hydrogen) atoms. The lowest BCUT2D eigenvalue weighted by atomic mass is 10.2. The molecule has 5 heteroatoms. The first-order valence-electron chi connectivity index (χ1n) is 4.36. The first-order chi connectivity index (χ1) is 6.34. The Morgan fingerprint density at radius 1 is 1.29 bits per heavy atom. The first-order valence-corrected chi connectivity index (χ1v) is 4.36. The quantitative estimate of drug-likeness (QED) is 0.669.